The molecule has 19 heavy (non-hydrogen) atoms. The molecule has 0 bridgehead atoms. The molecule has 0 radical (unpaired) electrons. The van der Waals surface area contributed by atoms with Crippen molar-refractivity contribution in [2.24, 2.45) is 11.8 Å². The molecule has 102 valence electrons. The molecule has 1 aromatic rings. The van der Waals surface area contributed by atoms with E-state index < -0.39 is 5.97 Å². The van der Waals surface area contributed by atoms with Gasteiger partial charge in [-0.2, -0.15) is 0 Å². The molecule has 1 aliphatic heterocycles. The number of piperidine rings is 1. The van der Waals surface area contributed by atoms with E-state index >= 15 is 0 Å². The van der Waals surface area contributed by atoms with Crippen LogP contribution in [-0.2, 0) is 11.2 Å². The van der Waals surface area contributed by atoms with Crippen LogP contribution in [0.1, 0.15) is 31.4 Å². The lowest BCUT2D eigenvalue weighted by Crippen LogP contribution is -2.36. The summed E-state index contributed by atoms with van der Waals surface area (Å²) in [4.78, 5) is 21.8. The molecule has 3 rings (SSSR count). The Bertz CT molecular complexity index is 466. The smallest absolute Gasteiger partial charge is 0.306 e. The summed E-state index contributed by atoms with van der Waals surface area (Å²) in [5, 5.41) is 9.00. The van der Waals surface area contributed by atoms with Gasteiger partial charge in [-0.15, -0.1) is 0 Å². The fourth-order valence-corrected chi connectivity index (χ4v) is 2.64. The lowest BCUT2D eigenvalue weighted by molar-refractivity contribution is -0.142. The maximum Gasteiger partial charge on any atom is 0.306 e. The molecule has 0 atom stereocenters. The summed E-state index contributed by atoms with van der Waals surface area (Å²) in [7, 11) is 0. The van der Waals surface area contributed by atoms with Crippen LogP contribution < -0.4 is 4.90 Å². The van der Waals surface area contributed by atoms with Crippen LogP contribution in [0.15, 0.2) is 12.4 Å². The Kier molecular flexibility index (Phi) is 3.36. The molecule has 0 amide bonds. The van der Waals surface area contributed by atoms with Gasteiger partial charge in [-0.25, -0.2) is 9.97 Å². The first kappa shape index (κ1) is 12.4. The van der Waals surface area contributed by atoms with Gasteiger partial charge in [0.25, 0.3) is 0 Å². The molecule has 5 heteroatoms. The maximum atomic E-state index is 10.9. The normalized spacial score (nSPS) is 20.5. The van der Waals surface area contributed by atoms with E-state index in [1.807, 2.05) is 0 Å². The minimum atomic E-state index is -0.670. The van der Waals surface area contributed by atoms with Gasteiger partial charge in [0.05, 0.1) is 5.92 Å². The van der Waals surface area contributed by atoms with E-state index in [9.17, 15) is 4.79 Å². The number of carbonyl (C=O) groups is 1. The summed E-state index contributed by atoms with van der Waals surface area (Å²) in [6.07, 6.45) is 6.75. The second kappa shape index (κ2) is 5.15. The number of aromatic nitrogens is 2. The van der Waals surface area contributed by atoms with Gasteiger partial charge in [-0.05, 0) is 38.0 Å². The number of anilines is 1. The van der Waals surface area contributed by atoms with Crippen molar-refractivity contribution in [3.63, 3.8) is 0 Å². The van der Waals surface area contributed by atoms with E-state index in [1.165, 1.54) is 12.8 Å². The Morgan fingerprint density at radius 2 is 2.00 bits per heavy atom. The molecular weight excluding hydrogens is 242 g/mol. The molecule has 0 unspecified atom stereocenters. The molecule has 0 spiro atoms. The number of aliphatic carboxylic acids is 1. The van der Waals surface area contributed by atoms with Crippen LogP contribution in [0.2, 0.25) is 0 Å². The molecule has 1 aromatic heterocycles. The minimum Gasteiger partial charge on any atom is -0.481 e. The van der Waals surface area contributed by atoms with Gasteiger partial charge in [0, 0.05) is 24.8 Å². The van der Waals surface area contributed by atoms with E-state index in [2.05, 4.69) is 20.9 Å². The number of carboxylic acid groups (broad SMARTS) is 1. The highest BCUT2D eigenvalue weighted by Gasteiger charge is 2.26. The highest BCUT2D eigenvalue weighted by molar-refractivity contribution is 5.70. The standard InChI is InChI=1S/C14H19N3O2/c18-14(19)11-3-5-17(6-4-11)13-8-12(15-9-16-13)7-10-1-2-10/h8-11H,1-7H2,(H,18,19). The molecule has 1 aliphatic carbocycles. The lowest BCUT2D eigenvalue weighted by atomic mass is 9.97. The quantitative estimate of drug-likeness (QED) is 0.894. The zero-order valence-corrected chi connectivity index (χ0v) is 11.0. The Hall–Kier alpha value is -1.65. The number of carboxylic acids is 1. The van der Waals surface area contributed by atoms with Crippen LogP contribution in [0.4, 0.5) is 5.82 Å². The van der Waals surface area contributed by atoms with Crippen LogP contribution >= 0.6 is 0 Å². The van der Waals surface area contributed by atoms with E-state index in [4.69, 9.17) is 5.11 Å². The summed E-state index contributed by atoms with van der Waals surface area (Å²) in [6, 6.07) is 2.07. The Labute approximate surface area is 112 Å². The number of hydrogen-bond donors (Lipinski definition) is 1. The number of nitrogens with zero attached hydrogens (tertiary/aromatic N) is 3. The van der Waals surface area contributed by atoms with Crippen molar-refractivity contribution in [2.45, 2.75) is 32.1 Å². The van der Waals surface area contributed by atoms with Gasteiger partial charge >= 0.3 is 5.97 Å². The lowest BCUT2D eigenvalue weighted by Gasteiger charge is -2.31. The summed E-state index contributed by atoms with van der Waals surface area (Å²) in [5.41, 5.74) is 1.12. The molecule has 1 saturated carbocycles. The average Bonchev–Trinajstić information content (AvgIpc) is 3.23. The zero-order valence-electron chi connectivity index (χ0n) is 11.0. The third-order valence-electron chi connectivity index (χ3n) is 4.07. The van der Waals surface area contributed by atoms with E-state index in [1.54, 1.807) is 6.33 Å². The van der Waals surface area contributed by atoms with Crippen molar-refractivity contribution in [3.05, 3.63) is 18.1 Å². The highest BCUT2D eigenvalue weighted by Crippen LogP contribution is 2.32. The van der Waals surface area contributed by atoms with Crippen molar-refractivity contribution < 1.29 is 9.90 Å². The maximum absolute atomic E-state index is 10.9. The average molecular weight is 261 g/mol. The molecule has 1 N–H and O–H groups in total. The highest BCUT2D eigenvalue weighted by atomic mass is 16.4. The summed E-state index contributed by atoms with van der Waals surface area (Å²) in [5.74, 6) is 0.913. The van der Waals surface area contributed by atoms with Crippen LogP contribution in [-0.4, -0.2) is 34.1 Å². The van der Waals surface area contributed by atoms with Crippen LogP contribution in [0.25, 0.3) is 0 Å². The predicted octanol–water partition coefficient (Wildman–Crippen LogP) is 1.73. The fourth-order valence-electron chi connectivity index (χ4n) is 2.64. The first-order valence-electron chi connectivity index (χ1n) is 7.01. The third-order valence-corrected chi connectivity index (χ3v) is 4.07. The van der Waals surface area contributed by atoms with Gasteiger partial charge < -0.3 is 10.0 Å². The van der Waals surface area contributed by atoms with E-state index in [0.717, 1.165) is 36.9 Å². The topological polar surface area (TPSA) is 66.3 Å². The zero-order chi connectivity index (χ0) is 13.2. The SMILES string of the molecule is O=C(O)C1CCN(c2cc(CC3CC3)ncn2)CC1. The first-order valence-corrected chi connectivity index (χ1v) is 7.01. The molecular formula is C14H19N3O2. The molecule has 2 heterocycles. The number of rotatable bonds is 4. The second-order valence-electron chi connectivity index (χ2n) is 5.61. The first-order chi connectivity index (χ1) is 9.22. The molecule has 2 aliphatic rings. The van der Waals surface area contributed by atoms with Crippen molar-refractivity contribution in [2.75, 3.05) is 18.0 Å². The fraction of sp³-hybridized carbons (Fsp3) is 0.643. The minimum absolute atomic E-state index is 0.191. The van der Waals surface area contributed by atoms with Crippen LogP contribution in [0, 0.1) is 11.8 Å². The Morgan fingerprint density at radius 3 is 2.63 bits per heavy atom. The Balaban J connectivity index is 1.64. The number of hydrogen-bond acceptors (Lipinski definition) is 4. The third kappa shape index (κ3) is 3.03. The summed E-state index contributed by atoms with van der Waals surface area (Å²) >= 11 is 0. The largest absolute Gasteiger partial charge is 0.481 e. The van der Waals surface area contributed by atoms with Crippen LogP contribution in [0.5, 0.6) is 0 Å². The van der Waals surface area contributed by atoms with Crippen molar-refractivity contribution in [1.82, 2.24) is 9.97 Å². The van der Waals surface area contributed by atoms with Gasteiger partial charge in [0.15, 0.2) is 0 Å². The second-order valence-corrected chi connectivity index (χ2v) is 5.61. The van der Waals surface area contributed by atoms with Gasteiger partial charge in [-0.3, -0.25) is 4.79 Å². The van der Waals surface area contributed by atoms with Crippen molar-refractivity contribution in [1.29, 1.82) is 0 Å². The summed E-state index contributed by atoms with van der Waals surface area (Å²) in [6.45, 7) is 1.55. The van der Waals surface area contributed by atoms with Gasteiger partial charge in [-0.1, -0.05) is 0 Å². The van der Waals surface area contributed by atoms with Gasteiger partial charge in [0.1, 0.15) is 12.1 Å². The van der Waals surface area contributed by atoms with Crippen molar-refractivity contribution >= 4 is 11.8 Å². The molecule has 0 aromatic carbocycles. The van der Waals surface area contributed by atoms with Crippen molar-refractivity contribution in [3.8, 4) is 0 Å². The summed E-state index contributed by atoms with van der Waals surface area (Å²) < 4.78 is 0. The van der Waals surface area contributed by atoms with Gasteiger partial charge in [0.2, 0.25) is 0 Å². The van der Waals surface area contributed by atoms with Crippen LogP contribution in [0.3, 0.4) is 0 Å². The van der Waals surface area contributed by atoms with E-state index in [0.29, 0.717) is 12.8 Å². The monoisotopic (exact) mass is 261 g/mol. The molecule has 1 saturated heterocycles. The van der Waals surface area contributed by atoms with E-state index in [-0.39, 0.29) is 5.92 Å². The molecule has 5 nitrogen and oxygen atoms in total. The predicted molar refractivity (Wildman–Crippen MR) is 71.0 cm³/mol. The Morgan fingerprint density at radius 1 is 1.26 bits per heavy atom. The molecule has 2 fully saturated rings.